The molecule has 0 spiro atoms. The Balaban J connectivity index is 2.03. The van der Waals surface area contributed by atoms with Gasteiger partial charge in [0.2, 0.25) is 5.52 Å². The van der Waals surface area contributed by atoms with Crippen LogP contribution in [0.1, 0.15) is 11.1 Å². The number of benzene rings is 2. The van der Waals surface area contributed by atoms with Gasteiger partial charge in [0.25, 0.3) is 0 Å². The van der Waals surface area contributed by atoms with Crippen LogP contribution >= 0.6 is 0 Å². The summed E-state index contributed by atoms with van der Waals surface area (Å²) in [5.41, 5.74) is 2.49. The third kappa shape index (κ3) is 2.89. The van der Waals surface area contributed by atoms with Crippen LogP contribution in [0.4, 0.5) is 5.69 Å². The Kier molecular flexibility index (Phi) is 3.76. The number of nitro benzene ring substituents is 1. The molecule has 0 atom stereocenters. The maximum Gasteiger partial charge on any atom is 0.311 e. The predicted molar refractivity (Wildman–Crippen MR) is 88.8 cm³/mol. The molecule has 1 heterocycles. The minimum atomic E-state index is -0.593. The van der Waals surface area contributed by atoms with Gasteiger partial charge >= 0.3 is 5.69 Å². The number of aromatic nitrogens is 1. The van der Waals surface area contributed by atoms with Crippen molar-refractivity contribution < 1.29 is 14.6 Å². The number of pyridine rings is 1. The summed E-state index contributed by atoms with van der Waals surface area (Å²) in [6.45, 7) is 0. The van der Waals surface area contributed by atoms with Crippen molar-refractivity contribution in [3.8, 4) is 5.75 Å². The molecule has 1 aromatic heterocycles. The monoisotopic (exact) mass is 307 g/mol. The highest BCUT2D eigenvalue weighted by Gasteiger charge is 2.12. The van der Waals surface area contributed by atoms with Crippen molar-refractivity contribution in [3.63, 3.8) is 0 Å². The molecule has 0 unspecified atom stereocenters. The first-order valence-electron chi connectivity index (χ1n) is 7.09. The number of hydrogen-bond acceptors (Lipinski definition) is 3. The smallest absolute Gasteiger partial charge is 0.311 e. The Hall–Kier alpha value is -3.21. The lowest BCUT2D eigenvalue weighted by Crippen LogP contribution is -2.28. The van der Waals surface area contributed by atoms with Crippen LogP contribution in [0.15, 0.2) is 54.7 Å². The molecule has 0 saturated carbocycles. The minimum absolute atomic E-state index is 0.295. The fourth-order valence-corrected chi connectivity index (χ4v) is 2.51. The molecule has 0 amide bonds. The molecule has 23 heavy (non-hydrogen) atoms. The predicted octanol–water partition coefficient (Wildman–Crippen LogP) is 3.45. The van der Waals surface area contributed by atoms with Gasteiger partial charge in [-0.05, 0) is 23.3 Å². The normalized spacial score (nSPS) is 11.2. The fourth-order valence-electron chi connectivity index (χ4n) is 2.51. The van der Waals surface area contributed by atoms with E-state index in [0.717, 1.165) is 16.5 Å². The second kappa shape index (κ2) is 5.88. The van der Waals surface area contributed by atoms with E-state index in [0.29, 0.717) is 5.56 Å². The van der Waals surface area contributed by atoms with Gasteiger partial charge in [0.05, 0.1) is 10.3 Å². The Morgan fingerprint density at radius 1 is 1.13 bits per heavy atom. The van der Waals surface area contributed by atoms with Gasteiger partial charge in [-0.3, -0.25) is 10.1 Å². The topological polar surface area (TPSA) is 67.2 Å². The van der Waals surface area contributed by atoms with Crippen molar-refractivity contribution in [1.29, 1.82) is 0 Å². The number of phenols is 1. The summed E-state index contributed by atoms with van der Waals surface area (Å²) >= 11 is 0. The van der Waals surface area contributed by atoms with Gasteiger partial charge in [0.15, 0.2) is 11.9 Å². The first-order chi connectivity index (χ1) is 11.1. The van der Waals surface area contributed by atoms with E-state index in [9.17, 15) is 15.2 Å². The third-order valence-corrected chi connectivity index (χ3v) is 3.72. The molecule has 3 rings (SSSR count). The zero-order valence-corrected chi connectivity index (χ0v) is 12.5. The molecule has 1 N–H and O–H groups in total. The van der Waals surface area contributed by atoms with E-state index in [1.807, 2.05) is 54.2 Å². The SMILES string of the molecule is C[n+]1ccc(/C=C/c2ccc(O)c([N+](=O)[O-])c2)c2ccccc21. The summed E-state index contributed by atoms with van der Waals surface area (Å²) < 4.78 is 2.04. The second-order valence-corrected chi connectivity index (χ2v) is 5.24. The van der Waals surface area contributed by atoms with E-state index in [2.05, 4.69) is 0 Å². The molecular weight excluding hydrogens is 292 g/mol. The number of para-hydroxylation sites is 1. The van der Waals surface area contributed by atoms with Crippen molar-refractivity contribution in [2.75, 3.05) is 0 Å². The van der Waals surface area contributed by atoms with Gasteiger partial charge in [-0.25, -0.2) is 4.57 Å². The lowest BCUT2D eigenvalue weighted by molar-refractivity contribution is -0.644. The molecular formula is C18H15N2O3+. The van der Waals surface area contributed by atoms with E-state index in [-0.39, 0.29) is 11.4 Å². The Bertz CT molecular complexity index is 933. The molecule has 0 aliphatic heterocycles. The first kappa shape index (κ1) is 14.7. The summed E-state index contributed by atoms with van der Waals surface area (Å²) in [5, 5.41) is 21.5. The molecule has 5 heteroatoms. The van der Waals surface area contributed by atoms with E-state index in [1.54, 1.807) is 12.1 Å². The van der Waals surface area contributed by atoms with Crippen LogP contribution in [0, 0.1) is 10.1 Å². The van der Waals surface area contributed by atoms with Crippen LogP contribution in [0.5, 0.6) is 5.75 Å². The quantitative estimate of drug-likeness (QED) is 0.458. The number of nitro groups is 1. The molecule has 0 saturated heterocycles. The van der Waals surface area contributed by atoms with Gasteiger partial charge in [-0.15, -0.1) is 0 Å². The van der Waals surface area contributed by atoms with Crippen LogP contribution in [0.2, 0.25) is 0 Å². The molecule has 0 radical (unpaired) electrons. The number of fused-ring (bicyclic) bond motifs is 1. The molecule has 0 fully saturated rings. The average molecular weight is 307 g/mol. The molecule has 3 aromatic rings. The van der Waals surface area contributed by atoms with E-state index < -0.39 is 4.92 Å². The number of nitrogens with zero attached hydrogens (tertiary/aromatic N) is 2. The van der Waals surface area contributed by atoms with Crippen molar-refractivity contribution in [2.24, 2.45) is 7.05 Å². The Labute approximate surface area is 132 Å². The standard InChI is InChI=1S/C18H14N2O3/c1-19-11-10-14(15-4-2-3-5-16(15)19)8-6-13-7-9-18(21)17(12-13)20(22)23/h2-12H,1H3/p+1. The maximum atomic E-state index is 10.9. The summed E-state index contributed by atoms with van der Waals surface area (Å²) in [6.07, 6.45) is 5.69. The second-order valence-electron chi connectivity index (χ2n) is 5.24. The van der Waals surface area contributed by atoms with E-state index >= 15 is 0 Å². The summed E-state index contributed by atoms with van der Waals surface area (Å²) in [5.74, 6) is -0.329. The van der Waals surface area contributed by atoms with Gasteiger partial charge in [0, 0.05) is 18.2 Å². The largest absolute Gasteiger partial charge is 0.502 e. The van der Waals surface area contributed by atoms with Crippen molar-refractivity contribution in [3.05, 3.63) is 76.0 Å². The number of rotatable bonds is 3. The summed E-state index contributed by atoms with van der Waals surface area (Å²) in [7, 11) is 1.99. The molecule has 114 valence electrons. The summed E-state index contributed by atoms with van der Waals surface area (Å²) in [6, 6.07) is 14.4. The summed E-state index contributed by atoms with van der Waals surface area (Å²) in [4.78, 5) is 10.3. The number of phenolic OH excluding ortho intramolecular Hbond substituents is 1. The maximum absolute atomic E-state index is 10.9. The van der Waals surface area contributed by atoms with Gasteiger partial charge in [0.1, 0.15) is 7.05 Å². The van der Waals surface area contributed by atoms with Crippen LogP contribution in [-0.4, -0.2) is 10.0 Å². The Morgan fingerprint density at radius 2 is 1.91 bits per heavy atom. The first-order valence-corrected chi connectivity index (χ1v) is 7.09. The number of hydrogen-bond donors (Lipinski definition) is 1. The average Bonchev–Trinajstić information content (AvgIpc) is 2.55. The Morgan fingerprint density at radius 3 is 2.70 bits per heavy atom. The zero-order valence-electron chi connectivity index (χ0n) is 12.5. The number of aryl methyl sites for hydroxylation is 1. The minimum Gasteiger partial charge on any atom is -0.502 e. The number of aromatic hydroxyl groups is 1. The van der Waals surface area contributed by atoms with E-state index in [4.69, 9.17) is 0 Å². The van der Waals surface area contributed by atoms with Crippen LogP contribution in [0.25, 0.3) is 23.1 Å². The fraction of sp³-hybridized carbons (Fsp3) is 0.0556. The highest BCUT2D eigenvalue weighted by Crippen LogP contribution is 2.27. The van der Waals surface area contributed by atoms with Crippen molar-refractivity contribution >= 4 is 28.7 Å². The highest BCUT2D eigenvalue weighted by molar-refractivity contribution is 5.88. The van der Waals surface area contributed by atoms with E-state index in [1.165, 1.54) is 12.1 Å². The van der Waals surface area contributed by atoms with Gasteiger partial charge < -0.3 is 5.11 Å². The van der Waals surface area contributed by atoms with Gasteiger partial charge in [-0.1, -0.05) is 30.4 Å². The van der Waals surface area contributed by atoms with Crippen molar-refractivity contribution in [1.82, 2.24) is 0 Å². The lowest BCUT2D eigenvalue weighted by Gasteiger charge is -2.01. The van der Waals surface area contributed by atoms with Crippen LogP contribution in [-0.2, 0) is 7.05 Å². The highest BCUT2D eigenvalue weighted by atomic mass is 16.6. The lowest BCUT2D eigenvalue weighted by atomic mass is 10.1. The van der Waals surface area contributed by atoms with Gasteiger partial charge in [-0.2, -0.15) is 0 Å². The van der Waals surface area contributed by atoms with Crippen LogP contribution < -0.4 is 4.57 Å². The molecule has 5 nitrogen and oxygen atoms in total. The third-order valence-electron chi connectivity index (χ3n) is 3.72. The molecule has 0 aliphatic rings. The van der Waals surface area contributed by atoms with Crippen LogP contribution in [0.3, 0.4) is 0 Å². The molecule has 2 aromatic carbocycles. The molecule has 0 aliphatic carbocycles. The van der Waals surface area contributed by atoms with Crippen molar-refractivity contribution in [2.45, 2.75) is 0 Å². The molecule has 0 bridgehead atoms. The zero-order chi connectivity index (χ0) is 16.4.